The number of benzene rings is 2. The number of rotatable bonds is 4. The number of carbonyl (C=O) groups excluding carboxylic acids is 1. The van der Waals surface area contributed by atoms with E-state index in [4.69, 9.17) is 5.73 Å². The number of aliphatic carboxylic acids is 1. The van der Waals surface area contributed by atoms with Crippen molar-refractivity contribution in [1.29, 1.82) is 0 Å². The Kier molecular flexibility index (Phi) is 4.65. The van der Waals surface area contributed by atoms with Crippen LogP contribution >= 0.6 is 0 Å². The number of anilines is 1. The molecule has 4 nitrogen and oxygen atoms in total. The van der Waals surface area contributed by atoms with Crippen molar-refractivity contribution in [2.24, 2.45) is 11.8 Å². The first-order chi connectivity index (χ1) is 11.6. The van der Waals surface area contributed by atoms with Crippen molar-refractivity contribution in [2.75, 3.05) is 5.73 Å². The van der Waals surface area contributed by atoms with Gasteiger partial charge >= 0.3 is 5.97 Å². The summed E-state index contributed by atoms with van der Waals surface area (Å²) in [6.45, 7) is 0. The van der Waals surface area contributed by atoms with Crippen LogP contribution in [0.5, 0.6) is 0 Å². The minimum atomic E-state index is -0.855. The van der Waals surface area contributed by atoms with Crippen molar-refractivity contribution in [3.05, 3.63) is 54.1 Å². The predicted octanol–water partition coefficient (Wildman–Crippen LogP) is 4.01. The third-order valence-electron chi connectivity index (χ3n) is 4.83. The van der Waals surface area contributed by atoms with E-state index < -0.39 is 17.8 Å². The molecule has 0 bridgehead atoms. The lowest BCUT2D eigenvalue weighted by Gasteiger charge is -2.27. The second kappa shape index (κ2) is 6.87. The highest BCUT2D eigenvalue weighted by molar-refractivity contribution is 6.00. The molecular formula is C20H21NO3. The molecule has 1 aliphatic rings. The number of carbonyl (C=O) groups is 2. The lowest BCUT2D eigenvalue weighted by molar-refractivity contribution is -0.144. The van der Waals surface area contributed by atoms with Crippen molar-refractivity contribution in [2.45, 2.75) is 25.7 Å². The number of hydrogen-bond donors (Lipinski definition) is 2. The topological polar surface area (TPSA) is 80.4 Å². The van der Waals surface area contributed by atoms with Crippen LogP contribution in [0.3, 0.4) is 0 Å². The van der Waals surface area contributed by atoms with Gasteiger partial charge in [0, 0.05) is 17.2 Å². The maximum Gasteiger partial charge on any atom is 0.307 e. The number of Topliss-reactive ketones (excluding diaryl/α,β-unsaturated/α-hetero) is 1. The van der Waals surface area contributed by atoms with Gasteiger partial charge in [0.2, 0.25) is 0 Å². The van der Waals surface area contributed by atoms with Gasteiger partial charge in [0.15, 0.2) is 5.78 Å². The molecule has 0 amide bonds. The minimum absolute atomic E-state index is 0.0500. The van der Waals surface area contributed by atoms with Crippen molar-refractivity contribution >= 4 is 17.4 Å². The van der Waals surface area contributed by atoms with Crippen LogP contribution < -0.4 is 5.73 Å². The first-order valence-corrected chi connectivity index (χ1v) is 8.29. The van der Waals surface area contributed by atoms with Gasteiger partial charge in [0.1, 0.15) is 0 Å². The van der Waals surface area contributed by atoms with Crippen molar-refractivity contribution < 1.29 is 14.7 Å². The molecule has 3 N–H and O–H groups in total. The number of nitrogens with two attached hydrogens (primary N) is 1. The molecule has 0 radical (unpaired) electrons. The van der Waals surface area contributed by atoms with Crippen LogP contribution in [0.1, 0.15) is 36.0 Å². The third kappa shape index (κ3) is 3.32. The van der Waals surface area contributed by atoms with Gasteiger partial charge in [-0.1, -0.05) is 49.2 Å². The Morgan fingerprint density at radius 2 is 1.33 bits per heavy atom. The number of ketones is 1. The Morgan fingerprint density at radius 3 is 1.88 bits per heavy atom. The van der Waals surface area contributed by atoms with Crippen LogP contribution in [-0.4, -0.2) is 16.9 Å². The maximum absolute atomic E-state index is 12.7. The van der Waals surface area contributed by atoms with E-state index in [9.17, 15) is 14.7 Å². The largest absolute Gasteiger partial charge is 0.481 e. The first-order valence-electron chi connectivity index (χ1n) is 8.29. The van der Waals surface area contributed by atoms with Crippen LogP contribution in [0, 0.1) is 11.8 Å². The van der Waals surface area contributed by atoms with Crippen LogP contribution in [0.25, 0.3) is 11.1 Å². The fourth-order valence-electron chi connectivity index (χ4n) is 3.46. The summed E-state index contributed by atoms with van der Waals surface area (Å²) in [7, 11) is 0. The van der Waals surface area contributed by atoms with Gasteiger partial charge in [0.25, 0.3) is 0 Å². The van der Waals surface area contributed by atoms with Crippen LogP contribution in [0.2, 0.25) is 0 Å². The number of hydrogen-bond acceptors (Lipinski definition) is 3. The maximum atomic E-state index is 12.7. The summed E-state index contributed by atoms with van der Waals surface area (Å²) in [5.74, 6) is -1.86. The molecule has 1 aliphatic carbocycles. The number of carboxylic acids is 1. The van der Waals surface area contributed by atoms with E-state index in [1.54, 1.807) is 12.1 Å². The zero-order valence-electron chi connectivity index (χ0n) is 13.4. The van der Waals surface area contributed by atoms with Gasteiger partial charge in [-0.05, 0) is 36.1 Å². The Labute approximate surface area is 141 Å². The Morgan fingerprint density at radius 1 is 0.833 bits per heavy atom. The van der Waals surface area contributed by atoms with E-state index >= 15 is 0 Å². The van der Waals surface area contributed by atoms with Crippen LogP contribution in [-0.2, 0) is 4.79 Å². The molecule has 2 unspecified atom stereocenters. The van der Waals surface area contributed by atoms with E-state index in [1.165, 1.54) is 0 Å². The highest BCUT2D eigenvalue weighted by Crippen LogP contribution is 2.33. The Bertz CT molecular complexity index is 734. The molecule has 124 valence electrons. The highest BCUT2D eigenvalue weighted by Gasteiger charge is 2.35. The predicted molar refractivity (Wildman–Crippen MR) is 93.7 cm³/mol. The molecule has 0 saturated heterocycles. The quantitative estimate of drug-likeness (QED) is 0.658. The molecule has 1 fully saturated rings. The SMILES string of the molecule is Nc1ccc(-c2ccc(C(=O)C3CCCCC3C(=O)O)cc2)cc1. The molecule has 0 aliphatic heterocycles. The van der Waals surface area contributed by atoms with Crippen LogP contribution in [0.15, 0.2) is 48.5 Å². The summed E-state index contributed by atoms with van der Waals surface area (Å²) >= 11 is 0. The molecule has 0 aromatic heterocycles. The second-order valence-corrected chi connectivity index (χ2v) is 6.40. The standard InChI is InChI=1S/C20H21NO3/c21-16-11-9-14(10-12-16)13-5-7-15(8-6-13)19(22)17-3-1-2-4-18(17)20(23)24/h5-12,17-18H,1-4,21H2,(H,23,24). The van der Waals surface area contributed by atoms with Gasteiger partial charge in [-0.25, -0.2) is 0 Å². The van der Waals surface area contributed by atoms with E-state index in [1.807, 2.05) is 36.4 Å². The zero-order valence-corrected chi connectivity index (χ0v) is 13.4. The molecule has 24 heavy (non-hydrogen) atoms. The Hall–Kier alpha value is -2.62. The third-order valence-corrected chi connectivity index (χ3v) is 4.83. The molecule has 2 atom stereocenters. The highest BCUT2D eigenvalue weighted by atomic mass is 16.4. The number of nitrogen functional groups attached to an aromatic ring is 1. The van der Waals surface area contributed by atoms with Gasteiger partial charge in [-0.3, -0.25) is 9.59 Å². The monoisotopic (exact) mass is 323 g/mol. The molecule has 3 rings (SSSR count). The normalized spacial score (nSPS) is 20.5. The molecule has 4 heteroatoms. The second-order valence-electron chi connectivity index (χ2n) is 6.40. The molecular weight excluding hydrogens is 302 g/mol. The van der Waals surface area contributed by atoms with Crippen molar-refractivity contribution in [3.63, 3.8) is 0 Å². The summed E-state index contributed by atoms with van der Waals surface area (Å²) in [5.41, 5.74) is 9.03. The fraction of sp³-hybridized carbons (Fsp3) is 0.300. The van der Waals surface area contributed by atoms with Gasteiger partial charge in [-0.15, -0.1) is 0 Å². The molecule has 2 aromatic carbocycles. The minimum Gasteiger partial charge on any atom is -0.481 e. The summed E-state index contributed by atoms with van der Waals surface area (Å²) in [5, 5.41) is 9.36. The van der Waals surface area contributed by atoms with Gasteiger partial charge < -0.3 is 10.8 Å². The summed E-state index contributed by atoms with van der Waals surface area (Å²) in [6.07, 6.45) is 3.06. The smallest absolute Gasteiger partial charge is 0.307 e. The Balaban J connectivity index is 1.80. The molecule has 1 saturated carbocycles. The average Bonchev–Trinajstić information content (AvgIpc) is 2.62. The molecule has 0 spiro atoms. The lowest BCUT2D eigenvalue weighted by atomic mass is 9.75. The zero-order chi connectivity index (χ0) is 17.1. The van der Waals surface area contributed by atoms with Gasteiger partial charge in [0.05, 0.1) is 5.92 Å². The number of carboxylic acid groups (broad SMARTS) is 1. The average molecular weight is 323 g/mol. The first kappa shape index (κ1) is 16.2. The fourth-order valence-corrected chi connectivity index (χ4v) is 3.46. The van der Waals surface area contributed by atoms with Crippen molar-refractivity contribution in [3.8, 4) is 11.1 Å². The van der Waals surface area contributed by atoms with Crippen molar-refractivity contribution in [1.82, 2.24) is 0 Å². The van der Waals surface area contributed by atoms with Crippen LogP contribution in [0.4, 0.5) is 5.69 Å². The van der Waals surface area contributed by atoms with E-state index in [0.29, 0.717) is 24.1 Å². The summed E-state index contributed by atoms with van der Waals surface area (Å²) in [6, 6.07) is 14.9. The molecule has 2 aromatic rings. The van der Waals surface area contributed by atoms with Gasteiger partial charge in [-0.2, -0.15) is 0 Å². The van der Waals surface area contributed by atoms with E-state index in [-0.39, 0.29) is 5.78 Å². The van der Waals surface area contributed by atoms with E-state index in [0.717, 1.165) is 24.0 Å². The summed E-state index contributed by atoms with van der Waals surface area (Å²) in [4.78, 5) is 24.1. The molecule has 0 heterocycles. The summed E-state index contributed by atoms with van der Waals surface area (Å²) < 4.78 is 0. The van der Waals surface area contributed by atoms with E-state index in [2.05, 4.69) is 0 Å². The lowest BCUT2D eigenvalue weighted by Crippen LogP contribution is -2.32.